The first kappa shape index (κ1) is 15.5. The van der Waals surface area contributed by atoms with E-state index in [0.717, 1.165) is 6.07 Å². The van der Waals surface area contributed by atoms with E-state index in [0.29, 0.717) is 5.56 Å². The highest BCUT2D eigenvalue weighted by Gasteiger charge is 2.18. The molecule has 0 radical (unpaired) electrons. The Morgan fingerprint density at radius 2 is 1.82 bits per heavy atom. The molecule has 8 heteroatoms. The summed E-state index contributed by atoms with van der Waals surface area (Å²) < 4.78 is 45.1. The lowest BCUT2D eigenvalue weighted by molar-refractivity contribution is 0.211. The SMILES string of the molecule is NC(=O)Oc1cc(F)c(NCc2ccc(F)cc2)c(F)c1N. The summed E-state index contributed by atoms with van der Waals surface area (Å²) in [4.78, 5) is 10.6. The molecule has 0 heterocycles. The molecule has 2 aromatic carbocycles. The number of nitrogens with two attached hydrogens (primary N) is 2. The van der Waals surface area contributed by atoms with Gasteiger partial charge in [0.1, 0.15) is 17.2 Å². The van der Waals surface area contributed by atoms with Crippen LogP contribution in [0.4, 0.5) is 29.3 Å². The van der Waals surface area contributed by atoms with E-state index in [1.165, 1.54) is 24.3 Å². The van der Waals surface area contributed by atoms with E-state index >= 15 is 0 Å². The van der Waals surface area contributed by atoms with Crippen LogP contribution >= 0.6 is 0 Å². The van der Waals surface area contributed by atoms with Crippen molar-refractivity contribution in [1.29, 1.82) is 0 Å². The Kier molecular flexibility index (Phi) is 4.40. The Hall–Kier alpha value is -2.90. The molecule has 1 amide bonds. The predicted molar refractivity (Wildman–Crippen MR) is 74.7 cm³/mol. The topological polar surface area (TPSA) is 90.4 Å². The summed E-state index contributed by atoms with van der Waals surface area (Å²) in [6.45, 7) is 0.0452. The van der Waals surface area contributed by atoms with Crippen molar-refractivity contribution in [2.24, 2.45) is 5.73 Å². The molecule has 0 unspecified atom stereocenters. The van der Waals surface area contributed by atoms with E-state index in [2.05, 4.69) is 10.1 Å². The summed E-state index contributed by atoms with van der Waals surface area (Å²) in [5, 5.41) is 2.51. The highest BCUT2D eigenvalue weighted by molar-refractivity contribution is 5.73. The van der Waals surface area contributed by atoms with Crippen molar-refractivity contribution in [2.75, 3.05) is 11.1 Å². The second-order valence-corrected chi connectivity index (χ2v) is 4.36. The van der Waals surface area contributed by atoms with E-state index in [1.54, 1.807) is 0 Å². The predicted octanol–water partition coefficient (Wildman–Crippen LogP) is 2.76. The van der Waals surface area contributed by atoms with Crippen molar-refractivity contribution in [2.45, 2.75) is 6.54 Å². The molecule has 0 fully saturated rings. The second kappa shape index (κ2) is 6.25. The Labute approximate surface area is 123 Å². The molecular formula is C14H12F3N3O2. The van der Waals surface area contributed by atoms with Gasteiger partial charge in [0, 0.05) is 12.6 Å². The number of rotatable bonds is 4. The normalized spacial score (nSPS) is 10.3. The number of primary amides is 1. The van der Waals surface area contributed by atoms with Crippen molar-refractivity contribution in [3.63, 3.8) is 0 Å². The van der Waals surface area contributed by atoms with Gasteiger partial charge in [-0.1, -0.05) is 12.1 Å². The number of carbonyl (C=O) groups excluding carboxylic acids is 1. The van der Waals surface area contributed by atoms with E-state index in [4.69, 9.17) is 11.5 Å². The molecule has 116 valence electrons. The van der Waals surface area contributed by atoms with Crippen LogP contribution in [0.5, 0.6) is 5.75 Å². The molecule has 0 saturated heterocycles. The highest BCUT2D eigenvalue weighted by atomic mass is 19.1. The zero-order valence-electron chi connectivity index (χ0n) is 11.2. The van der Waals surface area contributed by atoms with Gasteiger partial charge in [-0.2, -0.15) is 0 Å². The first-order valence-electron chi connectivity index (χ1n) is 6.11. The van der Waals surface area contributed by atoms with Crippen LogP contribution in [0.25, 0.3) is 0 Å². The van der Waals surface area contributed by atoms with Crippen molar-refractivity contribution in [1.82, 2.24) is 0 Å². The third-order valence-electron chi connectivity index (χ3n) is 2.81. The number of ether oxygens (including phenoxy) is 1. The lowest BCUT2D eigenvalue weighted by Crippen LogP contribution is -2.18. The maximum atomic E-state index is 14.0. The lowest BCUT2D eigenvalue weighted by atomic mass is 10.2. The highest BCUT2D eigenvalue weighted by Crippen LogP contribution is 2.33. The molecule has 0 aromatic heterocycles. The summed E-state index contributed by atoms with van der Waals surface area (Å²) in [6.07, 6.45) is -1.24. The number of amides is 1. The van der Waals surface area contributed by atoms with Crippen LogP contribution in [0.2, 0.25) is 0 Å². The Bertz CT molecular complexity index is 705. The monoisotopic (exact) mass is 311 g/mol. The van der Waals surface area contributed by atoms with Crippen LogP contribution in [-0.2, 0) is 6.54 Å². The Morgan fingerprint density at radius 1 is 1.18 bits per heavy atom. The van der Waals surface area contributed by atoms with Gasteiger partial charge < -0.3 is 21.5 Å². The van der Waals surface area contributed by atoms with Crippen LogP contribution in [0.1, 0.15) is 5.56 Å². The number of nitrogen functional groups attached to an aromatic ring is 1. The van der Waals surface area contributed by atoms with Crippen LogP contribution < -0.4 is 21.5 Å². The van der Waals surface area contributed by atoms with E-state index in [9.17, 15) is 18.0 Å². The lowest BCUT2D eigenvalue weighted by Gasteiger charge is -2.13. The average Bonchev–Trinajstić information content (AvgIpc) is 2.46. The summed E-state index contributed by atoms with van der Waals surface area (Å²) in [5.41, 5.74) is 9.76. The first-order valence-corrected chi connectivity index (χ1v) is 6.11. The minimum atomic E-state index is -1.24. The van der Waals surface area contributed by atoms with Gasteiger partial charge >= 0.3 is 6.09 Å². The van der Waals surface area contributed by atoms with Gasteiger partial charge in [-0.25, -0.2) is 18.0 Å². The average molecular weight is 311 g/mol. The maximum absolute atomic E-state index is 14.0. The van der Waals surface area contributed by atoms with Crippen molar-refractivity contribution in [3.05, 3.63) is 53.3 Å². The molecular weight excluding hydrogens is 299 g/mol. The quantitative estimate of drug-likeness (QED) is 0.757. The summed E-state index contributed by atoms with van der Waals surface area (Å²) in [6, 6.07) is 6.12. The number of hydrogen-bond acceptors (Lipinski definition) is 4. The number of anilines is 2. The summed E-state index contributed by atoms with van der Waals surface area (Å²) in [7, 11) is 0. The third-order valence-corrected chi connectivity index (χ3v) is 2.81. The van der Waals surface area contributed by atoms with Gasteiger partial charge in [-0.15, -0.1) is 0 Å². The van der Waals surface area contributed by atoms with Crippen LogP contribution in [0, 0.1) is 17.5 Å². The van der Waals surface area contributed by atoms with Crippen molar-refractivity contribution < 1.29 is 22.7 Å². The van der Waals surface area contributed by atoms with E-state index in [-0.39, 0.29) is 6.54 Å². The smallest absolute Gasteiger partial charge is 0.408 e. The molecule has 2 rings (SSSR count). The maximum Gasteiger partial charge on any atom is 0.410 e. The largest absolute Gasteiger partial charge is 0.410 e. The fourth-order valence-electron chi connectivity index (χ4n) is 1.76. The number of nitrogens with one attached hydrogen (secondary N) is 1. The molecule has 0 spiro atoms. The molecule has 5 nitrogen and oxygen atoms in total. The Morgan fingerprint density at radius 3 is 2.41 bits per heavy atom. The van der Waals surface area contributed by atoms with Crippen molar-refractivity contribution >= 4 is 17.5 Å². The van der Waals surface area contributed by atoms with Crippen molar-refractivity contribution in [3.8, 4) is 5.75 Å². The second-order valence-electron chi connectivity index (χ2n) is 4.36. The zero-order chi connectivity index (χ0) is 16.3. The van der Waals surface area contributed by atoms with Gasteiger partial charge in [-0.3, -0.25) is 0 Å². The minimum absolute atomic E-state index is 0.0452. The summed E-state index contributed by atoms with van der Waals surface area (Å²) >= 11 is 0. The van der Waals surface area contributed by atoms with Gasteiger partial charge in [0.15, 0.2) is 17.4 Å². The molecule has 0 atom stereocenters. The third kappa shape index (κ3) is 3.40. The molecule has 0 bridgehead atoms. The van der Waals surface area contributed by atoms with Gasteiger partial charge in [-0.05, 0) is 17.7 Å². The molecule has 2 aromatic rings. The van der Waals surface area contributed by atoms with E-state index < -0.39 is 40.7 Å². The summed E-state index contributed by atoms with van der Waals surface area (Å²) in [5.74, 6) is -3.04. The molecule has 0 aliphatic carbocycles. The van der Waals surface area contributed by atoms with Gasteiger partial charge in [0.05, 0.1) is 0 Å². The fourth-order valence-corrected chi connectivity index (χ4v) is 1.76. The molecule has 0 aliphatic rings. The number of hydrogen-bond donors (Lipinski definition) is 3. The molecule has 5 N–H and O–H groups in total. The zero-order valence-corrected chi connectivity index (χ0v) is 11.2. The van der Waals surface area contributed by atoms with Crippen LogP contribution in [0.3, 0.4) is 0 Å². The number of halogens is 3. The van der Waals surface area contributed by atoms with E-state index in [1.807, 2.05) is 0 Å². The number of benzene rings is 2. The van der Waals surface area contributed by atoms with Gasteiger partial charge in [0.25, 0.3) is 0 Å². The van der Waals surface area contributed by atoms with Crippen LogP contribution in [-0.4, -0.2) is 6.09 Å². The fraction of sp³-hybridized carbons (Fsp3) is 0.0714. The number of carbonyl (C=O) groups is 1. The van der Waals surface area contributed by atoms with Crippen LogP contribution in [0.15, 0.2) is 30.3 Å². The molecule has 22 heavy (non-hydrogen) atoms. The molecule has 0 saturated carbocycles. The minimum Gasteiger partial charge on any atom is -0.408 e. The Balaban J connectivity index is 2.22. The standard InChI is InChI=1S/C14H12F3N3O2/c15-8-3-1-7(2-4-8)6-20-13-9(16)5-10(22-14(19)21)12(18)11(13)17/h1-5,20H,6,18H2,(H2,19,21). The first-order chi connectivity index (χ1) is 10.4. The molecule has 0 aliphatic heterocycles. The van der Waals surface area contributed by atoms with Gasteiger partial charge in [0.2, 0.25) is 0 Å².